The summed E-state index contributed by atoms with van der Waals surface area (Å²) in [4.78, 5) is 8.70. The number of aromatic nitrogens is 2. The van der Waals surface area contributed by atoms with Crippen LogP contribution in [0.15, 0.2) is 44.7 Å². The number of rotatable bonds is 21. The van der Waals surface area contributed by atoms with Gasteiger partial charge in [0, 0.05) is 0 Å². The Morgan fingerprint density at radius 1 is 0.727 bits per heavy atom. The lowest BCUT2D eigenvalue weighted by Crippen LogP contribution is -2.23. The van der Waals surface area contributed by atoms with Crippen molar-refractivity contribution in [3.8, 4) is 17.6 Å². The highest BCUT2D eigenvalue weighted by atomic mass is 16.6. The minimum Gasteiger partial charge on any atom is -0.495 e. The quantitative estimate of drug-likeness (QED) is 0.218. The minimum absolute atomic E-state index is 0.126. The maximum Gasteiger partial charge on any atom is 0.320 e. The molecule has 0 aromatic carbocycles. The van der Waals surface area contributed by atoms with Crippen LogP contribution in [0.2, 0.25) is 0 Å². The predicted molar refractivity (Wildman–Crippen MR) is 128 cm³/mol. The van der Waals surface area contributed by atoms with Gasteiger partial charge in [0.25, 0.3) is 5.88 Å². The monoisotopic (exact) mass is 464 g/mol. The molecule has 0 fully saturated rings. The molecule has 1 heterocycles. The first kappa shape index (κ1) is 28.1. The van der Waals surface area contributed by atoms with Crippen LogP contribution in [0.1, 0.15) is 59.3 Å². The summed E-state index contributed by atoms with van der Waals surface area (Å²) in [5, 5.41) is 0. The van der Waals surface area contributed by atoms with Crippen LogP contribution in [0.4, 0.5) is 0 Å². The van der Waals surface area contributed by atoms with Crippen LogP contribution >= 0.6 is 0 Å². The Hall–Kier alpha value is -2.90. The number of nitrogens with zero attached hydrogens (tertiary/aromatic N) is 2. The summed E-state index contributed by atoms with van der Waals surface area (Å²) in [6.45, 7) is 18.0. The second-order valence-electron chi connectivity index (χ2n) is 7.40. The highest BCUT2D eigenvalue weighted by molar-refractivity contribution is 5.32. The average molecular weight is 465 g/mol. The third kappa shape index (κ3) is 11.5. The Bertz CT molecular complexity index is 685. The van der Waals surface area contributed by atoms with Crippen molar-refractivity contribution < 1.29 is 28.4 Å². The fourth-order valence-corrected chi connectivity index (χ4v) is 3.08. The predicted octanol–water partition coefficient (Wildman–Crippen LogP) is 5.60. The van der Waals surface area contributed by atoms with Gasteiger partial charge in [0.15, 0.2) is 5.75 Å². The summed E-state index contributed by atoms with van der Waals surface area (Å²) in [5.74, 6) is 0.678. The first-order valence-corrected chi connectivity index (χ1v) is 11.7. The van der Waals surface area contributed by atoms with Gasteiger partial charge in [-0.1, -0.05) is 59.8 Å². The second kappa shape index (κ2) is 17.6. The van der Waals surface area contributed by atoms with E-state index in [1.165, 1.54) is 18.8 Å². The zero-order valence-electron chi connectivity index (χ0n) is 20.4. The van der Waals surface area contributed by atoms with E-state index in [0.717, 1.165) is 38.5 Å². The molecule has 3 unspecified atom stereocenters. The highest BCUT2D eigenvalue weighted by Crippen LogP contribution is 2.27. The summed E-state index contributed by atoms with van der Waals surface area (Å²) in [7, 11) is 0. The van der Waals surface area contributed by atoms with Crippen molar-refractivity contribution in [3.05, 3.63) is 44.7 Å². The third-order valence-electron chi connectivity index (χ3n) is 4.63. The SMILES string of the molecule is C=COC(CCC)COc1ncc(OCC(CCC)OC=C)c(OCC(CCC)OC=C)n1. The summed E-state index contributed by atoms with van der Waals surface area (Å²) in [6, 6.07) is 0.176. The van der Waals surface area contributed by atoms with Gasteiger partial charge in [0.2, 0.25) is 0 Å². The normalized spacial score (nSPS) is 13.2. The van der Waals surface area contributed by atoms with E-state index in [2.05, 4.69) is 50.5 Å². The van der Waals surface area contributed by atoms with Crippen LogP contribution in [0.5, 0.6) is 17.6 Å². The molecule has 0 spiro atoms. The fourth-order valence-electron chi connectivity index (χ4n) is 3.08. The number of hydrogen-bond acceptors (Lipinski definition) is 8. The van der Waals surface area contributed by atoms with Gasteiger partial charge in [-0.2, -0.15) is 9.97 Å². The molecular formula is C25H40N2O6. The minimum atomic E-state index is -0.147. The molecule has 1 aromatic heterocycles. The first-order chi connectivity index (χ1) is 16.1. The molecule has 0 saturated carbocycles. The zero-order valence-corrected chi connectivity index (χ0v) is 20.4. The average Bonchev–Trinajstić information content (AvgIpc) is 2.81. The Kier molecular flexibility index (Phi) is 15.0. The largest absolute Gasteiger partial charge is 0.495 e. The number of hydrogen-bond donors (Lipinski definition) is 0. The van der Waals surface area contributed by atoms with Crippen molar-refractivity contribution in [2.24, 2.45) is 0 Å². The molecule has 0 bridgehead atoms. The van der Waals surface area contributed by atoms with Gasteiger partial charge in [0.05, 0.1) is 25.0 Å². The maximum absolute atomic E-state index is 5.96. The van der Waals surface area contributed by atoms with E-state index in [0.29, 0.717) is 19.0 Å². The van der Waals surface area contributed by atoms with Gasteiger partial charge < -0.3 is 28.4 Å². The van der Waals surface area contributed by atoms with Crippen molar-refractivity contribution in [2.45, 2.75) is 77.6 Å². The van der Waals surface area contributed by atoms with Crippen molar-refractivity contribution in [2.75, 3.05) is 19.8 Å². The van der Waals surface area contributed by atoms with Gasteiger partial charge in [0.1, 0.15) is 38.1 Å². The molecule has 0 saturated heterocycles. The fraction of sp³-hybridized carbons (Fsp3) is 0.600. The third-order valence-corrected chi connectivity index (χ3v) is 4.63. The lowest BCUT2D eigenvalue weighted by molar-refractivity contribution is 0.0648. The molecule has 0 aliphatic rings. The van der Waals surface area contributed by atoms with E-state index < -0.39 is 0 Å². The lowest BCUT2D eigenvalue weighted by Gasteiger charge is -2.20. The van der Waals surface area contributed by atoms with Crippen LogP contribution in [0.25, 0.3) is 0 Å². The molecule has 0 aliphatic carbocycles. The molecule has 1 rings (SSSR count). The Labute approximate surface area is 198 Å². The van der Waals surface area contributed by atoms with Crippen molar-refractivity contribution in [3.63, 3.8) is 0 Å². The topological polar surface area (TPSA) is 81.2 Å². The molecule has 3 atom stereocenters. The lowest BCUT2D eigenvalue weighted by atomic mass is 10.2. The molecule has 0 aliphatic heterocycles. The summed E-state index contributed by atoms with van der Waals surface area (Å²) < 4.78 is 34.2. The van der Waals surface area contributed by atoms with Gasteiger partial charge in [-0.15, -0.1) is 0 Å². The Morgan fingerprint density at radius 3 is 1.64 bits per heavy atom. The molecule has 0 radical (unpaired) electrons. The van der Waals surface area contributed by atoms with E-state index in [9.17, 15) is 0 Å². The molecule has 8 heteroatoms. The highest BCUT2D eigenvalue weighted by Gasteiger charge is 2.18. The standard InChI is InChI=1S/C25H40N2O6/c1-7-13-20(28-10-4)17-31-23-16-26-25(33-19-22(15-9-3)30-12-6)27-24(23)32-18-21(14-8-2)29-11-5/h10-12,16,20-22H,4-9,13-15,17-19H2,1-3H3. The molecule has 1 aromatic rings. The Morgan fingerprint density at radius 2 is 1.18 bits per heavy atom. The van der Waals surface area contributed by atoms with Gasteiger partial charge in [-0.05, 0) is 19.3 Å². The molecule has 33 heavy (non-hydrogen) atoms. The van der Waals surface area contributed by atoms with Gasteiger partial charge in [-0.25, -0.2) is 0 Å². The van der Waals surface area contributed by atoms with Gasteiger partial charge >= 0.3 is 6.01 Å². The van der Waals surface area contributed by atoms with E-state index in [1.54, 1.807) is 6.20 Å². The van der Waals surface area contributed by atoms with E-state index in [-0.39, 0.29) is 36.8 Å². The van der Waals surface area contributed by atoms with E-state index in [4.69, 9.17) is 28.4 Å². The number of ether oxygens (including phenoxy) is 6. The maximum atomic E-state index is 5.96. The van der Waals surface area contributed by atoms with E-state index >= 15 is 0 Å². The van der Waals surface area contributed by atoms with Crippen molar-refractivity contribution in [1.82, 2.24) is 9.97 Å². The molecule has 186 valence electrons. The zero-order chi connectivity index (χ0) is 24.3. The van der Waals surface area contributed by atoms with Crippen LogP contribution in [0.3, 0.4) is 0 Å². The second-order valence-corrected chi connectivity index (χ2v) is 7.40. The van der Waals surface area contributed by atoms with Crippen molar-refractivity contribution in [1.29, 1.82) is 0 Å². The summed E-state index contributed by atoms with van der Waals surface area (Å²) in [6.07, 6.45) is 10.7. The van der Waals surface area contributed by atoms with E-state index in [1.807, 2.05) is 0 Å². The smallest absolute Gasteiger partial charge is 0.320 e. The van der Waals surface area contributed by atoms with Crippen molar-refractivity contribution >= 4 is 0 Å². The van der Waals surface area contributed by atoms with Crippen LogP contribution in [-0.2, 0) is 14.2 Å². The van der Waals surface area contributed by atoms with Gasteiger partial charge in [-0.3, -0.25) is 0 Å². The van der Waals surface area contributed by atoms with Crippen LogP contribution in [0, 0.1) is 0 Å². The summed E-state index contributed by atoms with van der Waals surface area (Å²) >= 11 is 0. The van der Waals surface area contributed by atoms with Crippen LogP contribution < -0.4 is 14.2 Å². The molecule has 8 nitrogen and oxygen atoms in total. The van der Waals surface area contributed by atoms with Crippen LogP contribution in [-0.4, -0.2) is 48.1 Å². The molecule has 0 N–H and O–H groups in total. The Balaban J connectivity index is 2.96. The molecule has 0 amide bonds. The summed E-state index contributed by atoms with van der Waals surface area (Å²) in [5.41, 5.74) is 0. The molecular weight excluding hydrogens is 424 g/mol. The first-order valence-electron chi connectivity index (χ1n) is 11.7.